The Hall–Kier alpha value is -2.31. The summed E-state index contributed by atoms with van der Waals surface area (Å²) in [7, 11) is 0. The molecule has 2 N–H and O–H groups in total. The van der Waals surface area contributed by atoms with Crippen molar-refractivity contribution in [1.82, 2.24) is 10.2 Å². The molecule has 0 saturated carbocycles. The second kappa shape index (κ2) is 10.6. The molecule has 12 heteroatoms. The number of thioether (sulfide) groups is 1. The lowest BCUT2D eigenvalue weighted by molar-refractivity contribution is -0.151. The molecule has 3 rings (SSSR count). The van der Waals surface area contributed by atoms with Crippen LogP contribution in [0.15, 0.2) is 28.8 Å². The molecule has 2 amide bonds. The average molecular weight is 473 g/mol. The van der Waals surface area contributed by atoms with Crippen LogP contribution in [0.5, 0.6) is 0 Å². The molecule has 1 aromatic heterocycles. The lowest BCUT2D eigenvalue weighted by atomic mass is 10.0. The summed E-state index contributed by atoms with van der Waals surface area (Å²) in [4.78, 5) is 58.5. The summed E-state index contributed by atoms with van der Waals surface area (Å²) in [5.74, 6) is -2.23. The van der Waals surface area contributed by atoms with Gasteiger partial charge in [0.2, 0.25) is 5.91 Å². The maximum absolute atomic E-state index is 12.4. The molecule has 0 spiro atoms. The van der Waals surface area contributed by atoms with Crippen LogP contribution in [0.4, 0.5) is 0 Å². The van der Waals surface area contributed by atoms with Crippen molar-refractivity contribution in [3.05, 3.63) is 33.7 Å². The van der Waals surface area contributed by atoms with Crippen LogP contribution in [0.25, 0.3) is 0 Å². The Labute approximate surface area is 186 Å². The number of carboxylic acids is 1. The number of thiol groups is 1. The summed E-state index contributed by atoms with van der Waals surface area (Å²) >= 11 is 6.12. The number of carbonyl (C=O) groups is 5. The van der Waals surface area contributed by atoms with Crippen molar-refractivity contribution in [2.45, 2.75) is 31.7 Å². The Morgan fingerprint density at radius 1 is 1.33 bits per heavy atom. The predicted molar refractivity (Wildman–Crippen MR) is 114 cm³/mol. The van der Waals surface area contributed by atoms with Crippen molar-refractivity contribution >= 4 is 64.6 Å². The second-order valence-electron chi connectivity index (χ2n) is 6.27. The van der Waals surface area contributed by atoms with E-state index in [1.165, 1.54) is 36.9 Å². The van der Waals surface area contributed by atoms with Gasteiger partial charge in [-0.05, 0) is 11.4 Å². The van der Waals surface area contributed by atoms with Crippen LogP contribution < -0.4 is 5.32 Å². The Balaban J connectivity index is 0.000000735. The van der Waals surface area contributed by atoms with Crippen LogP contribution in [0, 0.1) is 0 Å². The molecule has 1 fully saturated rings. The number of thiophene rings is 1. The third kappa shape index (κ3) is 6.09. The van der Waals surface area contributed by atoms with Gasteiger partial charge in [-0.1, -0.05) is 6.07 Å². The van der Waals surface area contributed by atoms with Crippen molar-refractivity contribution in [3.8, 4) is 0 Å². The van der Waals surface area contributed by atoms with E-state index in [0.717, 1.165) is 9.78 Å². The van der Waals surface area contributed by atoms with E-state index in [9.17, 15) is 29.1 Å². The maximum atomic E-state index is 12.4. The highest BCUT2D eigenvalue weighted by Gasteiger charge is 2.54. The molecule has 9 nitrogen and oxygen atoms in total. The minimum absolute atomic E-state index is 0.139. The van der Waals surface area contributed by atoms with E-state index in [1.54, 1.807) is 0 Å². The van der Waals surface area contributed by atoms with E-state index in [1.807, 2.05) is 17.5 Å². The molecule has 2 atom stereocenters. The van der Waals surface area contributed by atoms with E-state index in [0.29, 0.717) is 11.3 Å². The lowest BCUT2D eigenvalue weighted by Gasteiger charge is -2.49. The Morgan fingerprint density at radius 2 is 2.00 bits per heavy atom. The highest BCUT2D eigenvalue weighted by Crippen LogP contribution is 2.40. The zero-order chi connectivity index (χ0) is 22.4. The summed E-state index contributed by atoms with van der Waals surface area (Å²) in [5.41, 5.74) is 0.203. The molecule has 2 aliphatic heterocycles. The van der Waals surface area contributed by atoms with Gasteiger partial charge in [-0.3, -0.25) is 24.1 Å². The van der Waals surface area contributed by atoms with E-state index >= 15 is 0 Å². The number of esters is 1. The van der Waals surface area contributed by atoms with Crippen molar-refractivity contribution in [2.24, 2.45) is 0 Å². The molecule has 0 aromatic carbocycles. The number of hydrogen-bond donors (Lipinski definition) is 3. The largest absolute Gasteiger partial charge is 0.477 e. The van der Waals surface area contributed by atoms with Gasteiger partial charge in [-0.2, -0.15) is 0 Å². The summed E-state index contributed by atoms with van der Waals surface area (Å²) in [6.45, 7) is 2.45. The van der Waals surface area contributed by atoms with Gasteiger partial charge < -0.3 is 15.2 Å². The van der Waals surface area contributed by atoms with Gasteiger partial charge in [0, 0.05) is 30.1 Å². The van der Waals surface area contributed by atoms with Crippen molar-refractivity contribution in [2.75, 3.05) is 12.4 Å². The monoisotopic (exact) mass is 472 g/mol. The summed E-state index contributed by atoms with van der Waals surface area (Å²) < 4.78 is 4.87. The highest BCUT2D eigenvalue weighted by atomic mass is 32.2. The average Bonchev–Trinajstić information content (AvgIpc) is 3.15. The standard InChI is InChI=1S/C16H16N2O6S2.C2H4OS/c1-8(19)24-6-9-7-26-15-12(14(21)18(15)13(9)16(22)23)17-11(20)5-10-3-2-4-25-10;1-2(3)4/h2-4,12,15H,5-7H2,1H3,(H,17,20)(H,22,23);1H3,(H,3,4)/t12-,15-;/m1./s1. The van der Waals surface area contributed by atoms with Crippen LogP contribution in [0.2, 0.25) is 0 Å². The number of rotatable bonds is 6. The van der Waals surface area contributed by atoms with Crippen LogP contribution in [-0.4, -0.2) is 62.7 Å². The van der Waals surface area contributed by atoms with E-state index in [4.69, 9.17) is 4.74 Å². The molecule has 0 bridgehead atoms. The number of β-lactam (4-membered cyclic amide) rings is 1. The van der Waals surface area contributed by atoms with Crippen LogP contribution >= 0.6 is 35.7 Å². The van der Waals surface area contributed by atoms with E-state index in [2.05, 4.69) is 17.9 Å². The maximum Gasteiger partial charge on any atom is 0.352 e. The van der Waals surface area contributed by atoms with Gasteiger partial charge in [-0.25, -0.2) is 4.79 Å². The molecule has 3 heterocycles. The number of nitrogens with zero attached hydrogens (tertiary/aromatic N) is 1. The van der Waals surface area contributed by atoms with Crippen molar-refractivity contribution < 1.29 is 33.8 Å². The van der Waals surface area contributed by atoms with Gasteiger partial charge in [0.15, 0.2) is 5.12 Å². The topological polar surface area (TPSA) is 130 Å². The molecular formula is C18H20N2O7S3. The van der Waals surface area contributed by atoms with Crippen LogP contribution in [0.1, 0.15) is 18.7 Å². The first-order valence-electron chi connectivity index (χ1n) is 8.66. The Kier molecular flexibility index (Phi) is 8.50. The van der Waals surface area contributed by atoms with Gasteiger partial charge in [0.25, 0.3) is 5.91 Å². The van der Waals surface area contributed by atoms with E-state index < -0.39 is 29.3 Å². The van der Waals surface area contributed by atoms with Gasteiger partial charge in [0.1, 0.15) is 23.7 Å². The highest BCUT2D eigenvalue weighted by molar-refractivity contribution is 8.00. The number of hydrogen-bond acceptors (Lipinski definition) is 8. The summed E-state index contributed by atoms with van der Waals surface area (Å²) in [6.07, 6.45) is 0.179. The number of carbonyl (C=O) groups excluding carboxylic acids is 4. The minimum atomic E-state index is -1.26. The SMILES string of the molecule is CC(=O)OCC1=C(C(=O)O)N2C(=O)[C@@H](NC(=O)Cc3cccs3)[C@H]2SC1.CC(=O)S. The predicted octanol–water partition coefficient (Wildman–Crippen LogP) is 1.06. The third-order valence-electron chi connectivity index (χ3n) is 3.93. The number of carboxylic acid groups (broad SMARTS) is 1. The molecule has 162 valence electrons. The molecule has 2 aliphatic rings. The number of nitrogens with one attached hydrogen (secondary N) is 1. The lowest BCUT2D eigenvalue weighted by Crippen LogP contribution is -2.70. The molecule has 30 heavy (non-hydrogen) atoms. The summed E-state index contributed by atoms with van der Waals surface area (Å²) in [5, 5.41) is 13.4. The molecule has 0 radical (unpaired) electrons. The summed E-state index contributed by atoms with van der Waals surface area (Å²) in [6, 6.07) is 2.92. The first kappa shape index (κ1) is 24.0. The number of ether oxygens (including phenoxy) is 1. The fourth-order valence-corrected chi connectivity index (χ4v) is 4.81. The van der Waals surface area contributed by atoms with Crippen LogP contribution in [0.3, 0.4) is 0 Å². The number of fused-ring (bicyclic) bond motifs is 1. The molecule has 1 saturated heterocycles. The van der Waals surface area contributed by atoms with Crippen molar-refractivity contribution in [1.29, 1.82) is 0 Å². The van der Waals surface area contributed by atoms with Crippen LogP contribution in [-0.2, 0) is 35.1 Å². The van der Waals surface area contributed by atoms with Gasteiger partial charge >= 0.3 is 11.9 Å². The molecule has 0 unspecified atom stereocenters. The molecular weight excluding hydrogens is 452 g/mol. The van der Waals surface area contributed by atoms with Crippen molar-refractivity contribution in [3.63, 3.8) is 0 Å². The molecule has 1 aromatic rings. The Bertz CT molecular complexity index is 878. The normalized spacial score (nSPS) is 19.7. The quantitative estimate of drug-likeness (QED) is 0.318. The minimum Gasteiger partial charge on any atom is -0.477 e. The number of amides is 2. The Morgan fingerprint density at radius 3 is 2.53 bits per heavy atom. The second-order valence-corrected chi connectivity index (χ2v) is 9.03. The number of aliphatic carboxylic acids is 1. The fourth-order valence-electron chi connectivity index (χ4n) is 2.78. The fraction of sp³-hybridized carbons (Fsp3) is 0.389. The van der Waals surface area contributed by atoms with Gasteiger partial charge in [0.05, 0.1) is 6.42 Å². The molecule has 0 aliphatic carbocycles. The third-order valence-corrected chi connectivity index (χ3v) is 6.15. The smallest absolute Gasteiger partial charge is 0.352 e. The van der Waals surface area contributed by atoms with Gasteiger partial charge in [-0.15, -0.1) is 35.7 Å². The van der Waals surface area contributed by atoms with E-state index in [-0.39, 0.29) is 29.7 Å². The zero-order valence-corrected chi connectivity index (χ0v) is 18.6. The first-order valence-corrected chi connectivity index (χ1v) is 11.0. The first-order chi connectivity index (χ1) is 14.1. The zero-order valence-electron chi connectivity index (χ0n) is 16.1.